The second-order valence-corrected chi connectivity index (χ2v) is 50.5. The molecule has 1 aliphatic rings. The van der Waals surface area contributed by atoms with E-state index in [1.54, 1.807) is 57.1 Å². The number of benzene rings is 2. The molecule has 0 amide bonds. The van der Waals surface area contributed by atoms with Gasteiger partial charge in [-0.05, 0) is 0 Å². The Labute approximate surface area is 331 Å². The van der Waals surface area contributed by atoms with Crippen molar-refractivity contribution in [3.63, 3.8) is 0 Å². The molecule has 5 heteroatoms. The topological polar surface area (TPSA) is 0 Å². The average molecular weight is 953 g/mol. The van der Waals surface area contributed by atoms with Crippen molar-refractivity contribution in [1.82, 2.24) is 0 Å². The van der Waals surface area contributed by atoms with Crippen LogP contribution in [0.2, 0.25) is 26.6 Å². The van der Waals surface area contributed by atoms with E-state index in [1.165, 1.54) is 88.2 Å². The molecule has 2 aromatic heterocycles. The fraction of sp³-hybridized carbons (Fsp3) is 0.565. The maximum atomic E-state index is 2.94. The molecule has 5 rings (SSSR count). The van der Waals surface area contributed by atoms with Crippen molar-refractivity contribution in [1.29, 1.82) is 0 Å². The Morgan fingerprint density at radius 3 is 0.961 bits per heavy atom. The van der Waals surface area contributed by atoms with Gasteiger partial charge in [-0.15, -0.1) is 0 Å². The second kappa shape index (κ2) is 19.5. The van der Waals surface area contributed by atoms with Gasteiger partial charge < -0.3 is 0 Å². The van der Waals surface area contributed by atoms with Crippen molar-refractivity contribution in [3.05, 3.63) is 71.8 Å². The quantitative estimate of drug-likeness (QED) is 0.0607. The van der Waals surface area contributed by atoms with Gasteiger partial charge in [0.1, 0.15) is 0 Å². The first kappa shape index (κ1) is 41.8. The summed E-state index contributed by atoms with van der Waals surface area (Å²) < 4.78 is 13.2. The van der Waals surface area contributed by atoms with E-state index in [2.05, 4.69) is 139 Å². The number of thiophene rings is 2. The molecule has 0 nitrogen and oxygen atoms in total. The first-order valence-corrected chi connectivity index (χ1v) is 39.8. The standard InChI is InChI=1S/C22H16S2Si.6C4H9.2Sn/c1-15-3-7-17(8-4-15)25(18-9-5-16(2)6-10-18)19-11-13-23-21(19)22-20(25)12-14-24-22;6*1-3-4-2;;/h3-12H,1-2H3;6*1,3-4H2,2H3;;. The number of hydrogen-bond donors (Lipinski definition) is 0. The van der Waals surface area contributed by atoms with Crippen molar-refractivity contribution < 1.29 is 0 Å². The molecule has 0 atom stereocenters. The molecule has 3 heterocycles. The van der Waals surface area contributed by atoms with Gasteiger partial charge in [-0.1, -0.05) is 0 Å². The molecule has 4 aromatic rings. The number of fused-ring (bicyclic) bond motifs is 3. The number of hydrogen-bond acceptors (Lipinski definition) is 2. The fourth-order valence-corrected chi connectivity index (χ4v) is 57.1. The molecule has 0 aliphatic carbocycles. The van der Waals surface area contributed by atoms with Crippen molar-refractivity contribution >= 4 is 94.0 Å². The molecule has 0 unspecified atom stereocenters. The number of rotatable bonds is 22. The summed E-state index contributed by atoms with van der Waals surface area (Å²) in [6.07, 6.45) is 16.6. The zero-order chi connectivity index (χ0) is 36.5. The third-order valence-electron chi connectivity index (χ3n) is 12.5. The summed E-state index contributed by atoms with van der Waals surface area (Å²) in [5.74, 6) is 0. The monoisotopic (exact) mass is 954 g/mol. The molecule has 2 aromatic carbocycles. The number of unbranched alkanes of at least 4 members (excludes halogenated alkanes) is 6. The Morgan fingerprint density at radius 2 is 0.706 bits per heavy atom. The Kier molecular flexibility index (Phi) is 16.0. The first-order chi connectivity index (χ1) is 24.8. The molecule has 0 spiro atoms. The summed E-state index contributed by atoms with van der Waals surface area (Å²) in [6, 6.07) is 25.9. The van der Waals surface area contributed by atoms with Gasteiger partial charge in [0.15, 0.2) is 0 Å². The summed E-state index contributed by atoms with van der Waals surface area (Å²) >= 11 is -0.602. The number of aryl methyl sites for hydroxylation is 2. The van der Waals surface area contributed by atoms with Crippen LogP contribution in [0.1, 0.15) is 130 Å². The van der Waals surface area contributed by atoms with Gasteiger partial charge in [-0.25, -0.2) is 0 Å². The van der Waals surface area contributed by atoms with E-state index in [0.29, 0.717) is 0 Å². The van der Waals surface area contributed by atoms with E-state index in [9.17, 15) is 0 Å². The molecule has 0 saturated carbocycles. The fourth-order valence-electron chi connectivity index (χ4n) is 9.32. The van der Waals surface area contributed by atoms with Crippen LogP contribution in [0.4, 0.5) is 0 Å². The van der Waals surface area contributed by atoms with Gasteiger partial charge >= 0.3 is 335 Å². The molecular formula is C46H70S2SiSn2. The van der Waals surface area contributed by atoms with E-state index >= 15 is 0 Å². The summed E-state index contributed by atoms with van der Waals surface area (Å²) in [5.41, 5.74) is 2.76. The van der Waals surface area contributed by atoms with E-state index in [1.807, 2.05) is 5.79 Å². The van der Waals surface area contributed by atoms with Crippen LogP contribution in [0.25, 0.3) is 9.75 Å². The van der Waals surface area contributed by atoms with Crippen LogP contribution in [-0.2, 0) is 0 Å². The SMILES string of the molecule is CCC[CH2][Sn]([CH2]CCC)([CH2]CCC)[c]1cc2c(s1)-c1s[c]([Sn]([CH2]CCC)([CH2]CCC)[CH2]CCC)cc1[Si]2(c1ccc(C)cc1)c1ccc(C)cc1. The molecule has 0 N–H and O–H groups in total. The molecule has 51 heavy (non-hydrogen) atoms. The first-order valence-electron chi connectivity index (χ1n) is 21.2. The Hall–Kier alpha value is -0.346. The summed E-state index contributed by atoms with van der Waals surface area (Å²) in [6.45, 7) is 19.2. The molecule has 0 saturated heterocycles. The average Bonchev–Trinajstić information content (AvgIpc) is 3.85. The van der Waals surface area contributed by atoms with Crippen LogP contribution in [0.5, 0.6) is 0 Å². The minimum absolute atomic E-state index is 1.34. The normalized spacial score (nSPS) is 13.9. The zero-order valence-corrected chi connectivity index (χ0v) is 42.2. The van der Waals surface area contributed by atoms with Crippen molar-refractivity contribution in [2.75, 3.05) is 0 Å². The van der Waals surface area contributed by atoms with E-state index < -0.39 is 44.8 Å². The van der Waals surface area contributed by atoms with Crippen molar-refractivity contribution in [2.24, 2.45) is 0 Å². The molecule has 0 fully saturated rings. The zero-order valence-electron chi connectivity index (χ0n) is 33.8. The minimum atomic E-state index is -2.66. The molecule has 0 bridgehead atoms. The molecule has 0 radical (unpaired) electrons. The maximum absolute atomic E-state index is 2.94. The molecular weight excluding hydrogens is 882 g/mol. The van der Waals surface area contributed by atoms with Crippen molar-refractivity contribution in [3.8, 4) is 9.75 Å². The Balaban J connectivity index is 1.86. The van der Waals surface area contributed by atoms with Gasteiger partial charge in [-0.3, -0.25) is 0 Å². The van der Waals surface area contributed by atoms with Gasteiger partial charge in [0.2, 0.25) is 0 Å². The van der Waals surface area contributed by atoms with Gasteiger partial charge in [0, 0.05) is 0 Å². The summed E-state index contributed by atoms with van der Waals surface area (Å²) in [7, 11) is -2.49. The predicted molar refractivity (Wildman–Crippen MR) is 243 cm³/mol. The van der Waals surface area contributed by atoms with E-state index in [4.69, 9.17) is 0 Å². The molecule has 278 valence electrons. The summed E-state index contributed by atoms with van der Waals surface area (Å²) in [4.78, 5) is 3.47. The van der Waals surface area contributed by atoms with Crippen LogP contribution >= 0.6 is 22.7 Å². The molecule has 1 aliphatic heterocycles. The predicted octanol–water partition coefficient (Wildman–Crippen LogP) is 11.9. The Morgan fingerprint density at radius 1 is 0.431 bits per heavy atom. The summed E-state index contributed by atoms with van der Waals surface area (Å²) in [5, 5.41) is 6.81. The van der Waals surface area contributed by atoms with Gasteiger partial charge in [-0.2, -0.15) is 0 Å². The van der Waals surface area contributed by atoms with Crippen LogP contribution < -0.4 is 26.5 Å². The third kappa shape index (κ3) is 8.73. The second-order valence-electron chi connectivity index (χ2n) is 16.4. The van der Waals surface area contributed by atoms with E-state index in [0.717, 1.165) is 0 Å². The van der Waals surface area contributed by atoms with Crippen LogP contribution in [0.3, 0.4) is 0 Å². The van der Waals surface area contributed by atoms with Crippen LogP contribution in [0, 0.1) is 13.8 Å². The van der Waals surface area contributed by atoms with E-state index in [-0.39, 0.29) is 0 Å². The van der Waals surface area contributed by atoms with Crippen LogP contribution in [0.15, 0.2) is 60.7 Å². The third-order valence-corrected chi connectivity index (χ3v) is 56.6. The van der Waals surface area contributed by atoms with Crippen LogP contribution in [-0.4, -0.2) is 44.8 Å². The van der Waals surface area contributed by atoms with Crippen molar-refractivity contribution in [2.45, 2.75) is 159 Å². The van der Waals surface area contributed by atoms with Gasteiger partial charge in [0.25, 0.3) is 0 Å². The Bertz CT molecular complexity index is 1480. The van der Waals surface area contributed by atoms with Gasteiger partial charge in [0.05, 0.1) is 0 Å².